The number of carbonyl (C=O) groups is 1. The predicted molar refractivity (Wildman–Crippen MR) is 221 cm³/mol. The van der Waals surface area contributed by atoms with E-state index in [4.69, 9.17) is 45.4 Å². The van der Waals surface area contributed by atoms with Gasteiger partial charge < -0.3 is 17.2 Å². The molecule has 15 heteroatoms. The first-order valence-corrected chi connectivity index (χ1v) is 25.5. The van der Waals surface area contributed by atoms with Gasteiger partial charge in [0.05, 0.1) is 27.4 Å². The van der Waals surface area contributed by atoms with Crippen LogP contribution in [0, 0.1) is 17.8 Å². The van der Waals surface area contributed by atoms with Crippen LogP contribution in [-0.2, 0) is 48.7 Å². The second-order valence-electron chi connectivity index (χ2n) is 14.4. The Bertz CT molecular complexity index is 1230. The highest BCUT2D eigenvalue weighted by Crippen LogP contribution is 2.53. The Kier molecular flexibility index (Phi) is 28.0. The van der Waals surface area contributed by atoms with Crippen LogP contribution >= 0.6 is 22.1 Å². The Hall–Kier alpha value is -0.710. The van der Waals surface area contributed by atoms with Gasteiger partial charge in [0.25, 0.3) is 0 Å². The highest BCUT2D eigenvalue weighted by molar-refractivity contribution is 7.88. The Labute approximate surface area is 321 Å². The Morgan fingerprint density at radius 3 is 1.68 bits per heavy atom. The minimum Gasteiger partial charge on any atom is -0.330 e. The summed E-state index contributed by atoms with van der Waals surface area (Å²) in [6.07, 6.45) is 19.5. The first-order valence-electron chi connectivity index (χ1n) is 19.7. The van der Waals surface area contributed by atoms with Crippen molar-refractivity contribution >= 4 is 33.9 Å². The summed E-state index contributed by atoms with van der Waals surface area (Å²) in [4.78, 5) is 22.8. The number of hydrogen-bond acceptors (Lipinski definition) is 12. The third-order valence-electron chi connectivity index (χ3n) is 10.2. The molecule has 0 saturated heterocycles. The van der Waals surface area contributed by atoms with Crippen molar-refractivity contribution in [1.29, 1.82) is 0 Å². The summed E-state index contributed by atoms with van der Waals surface area (Å²) in [5.41, 5.74) is 18.4. The molecule has 310 valence electrons. The lowest BCUT2D eigenvalue weighted by atomic mass is 9.96. The molecule has 6 atom stereocenters. The Morgan fingerprint density at radius 2 is 1.17 bits per heavy atom. The van der Waals surface area contributed by atoms with Gasteiger partial charge in [-0.15, -0.1) is 4.67 Å². The maximum Gasteiger partial charge on any atom is 0.502 e. The summed E-state index contributed by atoms with van der Waals surface area (Å²) in [5.74, 6) is 0.717. The van der Waals surface area contributed by atoms with Crippen molar-refractivity contribution in [2.24, 2.45) is 35.0 Å². The monoisotopic (exact) mass is 809 g/mol. The zero-order valence-corrected chi connectivity index (χ0v) is 36.0. The molecule has 0 fully saturated rings. The van der Waals surface area contributed by atoms with Gasteiger partial charge in [-0.25, -0.2) is 14.3 Å². The fourth-order valence-corrected chi connectivity index (χ4v) is 12.3. The second kappa shape index (κ2) is 29.5. The van der Waals surface area contributed by atoms with Crippen LogP contribution in [0.4, 0.5) is 0 Å². The van der Waals surface area contributed by atoms with Crippen LogP contribution in [0.1, 0.15) is 109 Å². The molecule has 1 aromatic carbocycles. The van der Waals surface area contributed by atoms with E-state index in [0.717, 1.165) is 88.5 Å². The van der Waals surface area contributed by atoms with Gasteiger partial charge in [0.1, 0.15) is 5.52 Å². The number of nitrogens with two attached hydrogens (primary N) is 3. The third-order valence-corrected chi connectivity index (χ3v) is 17.3. The molecule has 0 saturated carbocycles. The number of benzene rings is 1. The van der Waals surface area contributed by atoms with Gasteiger partial charge in [-0.05, 0) is 120 Å². The molecule has 0 heterocycles. The molecule has 1 aromatic rings. The van der Waals surface area contributed by atoms with Crippen molar-refractivity contribution in [1.82, 2.24) is 0 Å². The first kappa shape index (κ1) is 50.3. The smallest absolute Gasteiger partial charge is 0.330 e. The van der Waals surface area contributed by atoms with Crippen LogP contribution < -0.4 is 17.2 Å². The number of phosphoric ester groups is 1. The predicted octanol–water partition coefficient (Wildman–Crippen LogP) is 8.96. The topological polar surface area (TPSA) is 185 Å². The van der Waals surface area contributed by atoms with E-state index < -0.39 is 22.1 Å². The Balaban J connectivity index is 2.99. The van der Waals surface area contributed by atoms with Gasteiger partial charge >= 0.3 is 7.82 Å². The Morgan fingerprint density at radius 1 is 0.679 bits per heavy atom. The summed E-state index contributed by atoms with van der Waals surface area (Å²) in [6, 6.07) is 9.28. The lowest BCUT2D eigenvalue weighted by molar-refractivity contribution is -0.202. The molecule has 0 spiro atoms. The molecule has 0 amide bonds. The van der Waals surface area contributed by atoms with E-state index in [1.54, 1.807) is 6.92 Å². The molecular weight excluding hydrogens is 735 g/mol. The maximum atomic E-state index is 14.3. The normalized spacial score (nSPS) is 17.0. The summed E-state index contributed by atoms with van der Waals surface area (Å²) in [7, 11) is -4.66. The van der Waals surface area contributed by atoms with Crippen molar-refractivity contribution < 1.29 is 42.1 Å². The molecule has 0 radical (unpaired) electrons. The second-order valence-corrected chi connectivity index (χ2v) is 22.4. The SMILES string of the molecule is C=P(CCC(CC)CCCCN)(CCC(CCCCN)CCP(=O)(CCC(CCCCN)COP(=O)(OCc1ccccc1)OOC)OOC)C(C)=O. The van der Waals surface area contributed by atoms with E-state index in [1.165, 1.54) is 14.2 Å². The highest BCUT2D eigenvalue weighted by atomic mass is 31.2. The van der Waals surface area contributed by atoms with E-state index in [2.05, 4.69) is 13.2 Å². The quantitative estimate of drug-likeness (QED) is 0.0253. The maximum absolute atomic E-state index is 14.3. The molecule has 0 aliphatic rings. The van der Waals surface area contributed by atoms with E-state index in [-0.39, 0.29) is 36.7 Å². The standard InChI is InChI=1S/C38H74N3O9P3/c1-6-35(16-10-13-25-39)21-28-51(5,34(2)42)29-22-36(17-11-14-26-40)23-30-52(43,49-45-3)31-24-38(20-12-15-27-41)33-48-53(44,50-46-4)47-32-37-18-8-7-9-19-37/h7-9,18-19,35-36,38H,5-6,10-17,20-33,39-41H2,1-4H3. The number of rotatable bonds is 36. The van der Waals surface area contributed by atoms with Gasteiger partial charge in [0, 0.05) is 12.3 Å². The number of carbonyl (C=O) groups excluding carboxylic acids is 1. The van der Waals surface area contributed by atoms with Crippen molar-refractivity contribution in [2.45, 2.75) is 110 Å². The number of unbranched alkanes of at least 4 members (excludes halogenated alkanes) is 3. The molecule has 0 aromatic heterocycles. The largest absolute Gasteiger partial charge is 0.502 e. The van der Waals surface area contributed by atoms with E-state index >= 15 is 0 Å². The molecule has 6 N–H and O–H groups in total. The van der Waals surface area contributed by atoms with Crippen LogP contribution in [0.3, 0.4) is 0 Å². The molecule has 12 nitrogen and oxygen atoms in total. The average Bonchev–Trinajstić information content (AvgIpc) is 3.14. The van der Waals surface area contributed by atoms with Gasteiger partial charge in [0.2, 0.25) is 7.37 Å². The zero-order valence-electron chi connectivity index (χ0n) is 33.3. The summed E-state index contributed by atoms with van der Waals surface area (Å²) in [5, 5.41) is 0. The van der Waals surface area contributed by atoms with E-state index in [9.17, 15) is 13.9 Å². The summed E-state index contributed by atoms with van der Waals surface area (Å²) >= 11 is 0. The van der Waals surface area contributed by atoms with Crippen LogP contribution in [-0.4, -0.2) is 76.9 Å². The molecular formula is C38H74N3O9P3. The van der Waals surface area contributed by atoms with Crippen LogP contribution in [0.15, 0.2) is 30.3 Å². The first-order chi connectivity index (χ1) is 25.4. The number of phosphoric acid groups is 1. The van der Waals surface area contributed by atoms with Crippen LogP contribution in [0.5, 0.6) is 0 Å². The zero-order chi connectivity index (χ0) is 39.4. The third kappa shape index (κ3) is 22.6. The highest BCUT2D eigenvalue weighted by Gasteiger charge is 2.32. The molecule has 1 rings (SSSR count). The van der Waals surface area contributed by atoms with Crippen LogP contribution in [0.25, 0.3) is 0 Å². The van der Waals surface area contributed by atoms with Gasteiger partial charge in [0.15, 0.2) is 0 Å². The van der Waals surface area contributed by atoms with Gasteiger partial charge in [-0.3, -0.25) is 18.4 Å². The minimum absolute atomic E-state index is 0.0146. The molecule has 0 aliphatic carbocycles. The summed E-state index contributed by atoms with van der Waals surface area (Å²) in [6.45, 7) is 3.83. The van der Waals surface area contributed by atoms with Crippen molar-refractivity contribution in [3.8, 4) is 0 Å². The minimum atomic E-state index is -4.05. The summed E-state index contributed by atoms with van der Waals surface area (Å²) < 4.78 is 49.5. The fourth-order valence-electron chi connectivity index (χ4n) is 6.49. The van der Waals surface area contributed by atoms with Gasteiger partial charge in [-0.2, -0.15) is 4.67 Å². The van der Waals surface area contributed by atoms with Crippen LogP contribution in [0.2, 0.25) is 0 Å². The molecule has 53 heavy (non-hydrogen) atoms. The molecule has 0 aliphatic heterocycles. The van der Waals surface area contributed by atoms with Crippen molar-refractivity contribution in [2.75, 3.05) is 65.1 Å². The van der Waals surface area contributed by atoms with E-state index in [1.807, 2.05) is 30.3 Å². The lowest BCUT2D eigenvalue weighted by Crippen LogP contribution is -2.16. The average molecular weight is 810 g/mol. The number of hydrogen-bond donors (Lipinski definition) is 3. The van der Waals surface area contributed by atoms with Crippen molar-refractivity contribution in [3.63, 3.8) is 0 Å². The fraction of sp³-hybridized carbons (Fsp3) is 0.789. The molecule has 0 bridgehead atoms. The molecule has 6 unspecified atom stereocenters. The lowest BCUT2D eigenvalue weighted by Gasteiger charge is -2.27. The van der Waals surface area contributed by atoms with Crippen molar-refractivity contribution in [3.05, 3.63) is 35.9 Å². The van der Waals surface area contributed by atoms with Gasteiger partial charge in [-0.1, -0.05) is 82.1 Å². The van der Waals surface area contributed by atoms with E-state index in [0.29, 0.717) is 51.0 Å².